The van der Waals surface area contributed by atoms with Crippen molar-refractivity contribution in [2.75, 3.05) is 33.4 Å². The van der Waals surface area contributed by atoms with Crippen molar-refractivity contribution in [2.45, 2.75) is 91.3 Å². The van der Waals surface area contributed by atoms with E-state index in [-0.39, 0.29) is 120 Å². The molecule has 2 spiro atoms. The molecule has 5 atom stereocenters. The van der Waals surface area contributed by atoms with Gasteiger partial charge >= 0.3 is 6.09 Å². The van der Waals surface area contributed by atoms with E-state index in [0.717, 1.165) is 112 Å². The number of aromatic amines is 2. The molecule has 3 saturated heterocycles. The number of amides is 3. The molecule has 3 amide bonds. The number of imidazole rings is 2. The van der Waals surface area contributed by atoms with Crippen LogP contribution in [0, 0.1) is 28.6 Å². The van der Waals surface area contributed by atoms with Crippen molar-refractivity contribution in [3.05, 3.63) is 72.3 Å². The van der Waals surface area contributed by atoms with Gasteiger partial charge in [0.2, 0.25) is 11.8 Å². The third kappa shape index (κ3) is 9.50. The number of likely N-dealkylation sites (tertiary alicyclic amines) is 2. The maximum atomic E-state index is 14.1. The van der Waals surface area contributed by atoms with Gasteiger partial charge < -0.3 is 34.6 Å². The summed E-state index contributed by atoms with van der Waals surface area (Å²) in [7, 11) is 1.32. The number of hydrogen-bond acceptors (Lipinski definition) is 7. The number of H-pyrrole nitrogens is 2. The molecule has 3 aliphatic heterocycles. The van der Waals surface area contributed by atoms with Gasteiger partial charge in [-0.3, -0.25) is 9.59 Å². The molecule has 10 rings (SSSR count). The molecule has 0 unspecified atom stereocenters. The first-order valence-corrected chi connectivity index (χ1v) is 22.2. The second-order valence-electron chi connectivity index (χ2n) is 19.5. The lowest BCUT2D eigenvalue weighted by atomic mass is 9.80. The molecular weight excluding hydrogens is 927 g/mol. The van der Waals surface area contributed by atoms with Crippen LogP contribution in [0.25, 0.3) is 54.7 Å². The molecule has 66 heavy (non-hydrogen) atoms. The molecular formula is C49H67N7O5S5. The topological polar surface area (TPSA) is 146 Å². The summed E-state index contributed by atoms with van der Waals surface area (Å²) in [6.07, 6.45) is 5.37. The van der Waals surface area contributed by atoms with Crippen molar-refractivity contribution >= 4 is 129 Å². The molecule has 3 N–H and O–H groups in total. The molecule has 1 aliphatic carbocycles. The number of ether oxygens (including phenoxy) is 2. The van der Waals surface area contributed by atoms with Gasteiger partial charge in [-0.2, -0.15) is 67.5 Å². The van der Waals surface area contributed by atoms with Crippen LogP contribution in [0.1, 0.15) is 96.9 Å². The van der Waals surface area contributed by atoms with E-state index in [0.29, 0.717) is 19.7 Å². The van der Waals surface area contributed by atoms with E-state index in [2.05, 4.69) is 102 Å². The highest BCUT2D eigenvalue weighted by Crippen LogP contribution is 2.58. The first kappa shape index (κ1) is 53.2. The van der Waals surface area contributed by atoms with E-state index in [9.17, 15) is 14.4 Å². The number of nitrogens with zero attached hydrogens (tertiary/aromatic N) is 4. The monoisotopic (exact) mass is 993 g/mol. The zero-order chi connectivity index (χ0) is 42.4. The van der Waals surface area contributed by atoms with Crippen molar-refractivity contribution in [3.8, 4) is 11.1 Å². The van der Waals surface area contributed by atoms with Crippen molar-refractivity contribution in [2.24, 2.45) is 28.6 Å². The summed E-state index contributed by atoms with van der Waals surface area (Å²) < 4.78 is 10.9. The third-order valence-corrected chi connectivity index (χ3v) is 14.7. The number of methoxy groups -OCH3 is 1. The van der Waals surface area contributed by atoms with E-state index in [1.54, 1.807) is 0 Å². The zero-order valence-corrected chi connectivity index (χ0v) is 43.6. The summed E-state index contributed by atoms with van der Waals surface area (Å²) in [5.74, 6) is 1.83. The number of aromatic nitrogens is 4. The summed E-state index contributed by atoms with van der Waals surface area (Å²) in [5, 5.41) is 7.08. The van der Waals surface area contributed by atoms with Gasteiger partial charge in [-0.05, 0) is 102 Å². The van der Waals surface area contributed by atoms with Gasteiger partial charge in [0.1, 0.15) is 17.7 Å². The number of hydrogen-bond donors (Lipinski definition) is 3. The van der Waals surface area contributed by atoms with Crippen molar-refractivity contribution in [3.63, 3.8) is 0 Å². The first-order chi connectivity index (χ1) is 29.3. The van der Waals surface area contributed by atoms with Crippen LogP contribution in [0.15, 0.2) is 60.7 Å². The minimum Gasteiger partial charge on any atom is -0.453 e. The molecule has 5 heterocycles. The van der Waals surface area contributed by atoms with Crippen molar-refractivity contribution < 1.29 is 23.9 Å². The number of fused-ring (bicyclic) bond motifs is 6. The van der Waals surface area contributed by atoms with E-state index >= 15 is 0 Å². The van der Waals surface area contributed by atoms with Crippen LogP contribution in [-0.2, 0) is 19.1 Å². The number of rotatable bonds is 8. The van der Waals surface area contributed by atoms with E-state index in [1.807, 2.05) is 18.7 Å². The van der Waals surface area contributed by atoms with Gasteiger partial charge in [0.05, 0.1) is 47.9 Å². The molecule has 6 aromatic rings. The standard InChI is InChI=1S/C49H57N7O5.5H2S/c1-27(2)29(5)45(57)55-25-49(16-7-19-61-26-49)23-39(55)44-51-37-15-11-33-21-31(9-13-35(33)42(37)53-44)30-8-12-34-32(20-30)10-14-36-41(34)52-43(50-36)38-22-48(17-18-48)24-56(38)46(58)40(28(3)4)54-47(59)60-6;;;;;/h8-15,20-21,27-29,38-40H,7,16-19,22-26H2,1-6H3,(H,50,52)(H,51,53)(H,54,59);5*1H2/t29-,38-,39-,40-,49-;;;;;/m0...../s1. The van der Waals surface area contributed by atoms with Crippen LogP contribution < -0.4 is 5.32 Å². The fourth-order valence-corrected chi connectivity index (χ4v) is 10.5. The van der Waals surface area contributed by atoms with Crippen LogP contribution >= 0.6 is 67.5 Å². The highest BCUT2D eigenvalue weighted by atomic mass is 32.1. The molecule has 2 aromatic heterocycles. The van der Waals surface area contributed by atoms with Gasteiger partial charge in [0.15, 0.2) is 0 Å². The van der Waals surface area contributed by atoms with E-state index in [1.165, 1.54) is 7.11 Å². The Bertz CT molecular complexity index is 2730. The zero-order valence-electron chi connectivity index (χ0n) is 38.6. The highest BCUT2D eigenvalue weighted by Gasteiger charge is 2.55. The second kappa shape index (κ2) is 20.5. The minimum absolute atomic E-state index is 0. The lowest BCUT2D eigenvalue weighted by molar-refractivity contribution is -0.138. The normalized spacial score (nSPS) is 21.6. The predicted molar refractivity (Wildman–Crippen MR) is 289 cm³/mol. The van der Waals surface area contributed by atoms with Crippen molar-refractivity contribution in [1.29, 1.82) is 0 Å². The summed E-state index contributed by atoms with van der Waals surface area (Å²) in [4.78, 5) is 61.9. The maximum Gasteiger partial charge on any atom is 0.407 e. The Hall–Kier alpha value is -3.74. The molecule has 1 saturated carbocycles. The number of benzene rings is 4. The van der Waals surface area contributed by atoms with Crippen LogP contribution in [-0.4, -0.2) is 87.1 Å². The summed E-state index contributed by atoms with van der Waals surface area (Å²) in [5.41, 5.74) is 6.02. The number of nitrogens with one attached hydrogen (secondary N) is 3. The second-order valence-corrected chi connectivity index (χ2v) is 19.5. The third-order valence-electron chi connectivity index (χ3n) is 14.7. The van der Waals surface area contributed by atoms with E-state index < -0.39 is 12.1 Å². The quantitative estimate of drug-likeness (QED) is 0.138. The Balaban J connectivity index is 0.00000163. The van der Waals surface area contributed by atoms with Crippen LogP contribution in [0.2, 0.25) is 0 Å². The van der Waals surface area contributed by atoms with Crippen LogP contribution in [0.5, 0.6) is 0 Å². The molecule has 4 aromatic carbocycles. The van der Waals surface area contributed by atoms with Gasteiger partial charge in [0.25, 0.3) is 0 Å². The Morgan fingerprint density at radius 2 is 1.21 bits per heavy atom. The molecule has 4 fully saturated rings. The average Bonchev–Trinajstić information content (AvgIpc) is 3.63. The lowest BCUT2D eigenvalue weighted by Gasteiger charge is -2.33. The molecule has 17 heteroatoms. The number of alkyl carbamates (subject to hydrolysis) is 1. The Morgan fingerprint density at radius 3 is 1.68 bits per heavy atom. The van der Waals surface area contributed by atoms with Crippen LogP contribution in [0.4, 0.5) is 4.79 Å². The van der Waals surface area contributed by atoms with Gasteiger partial charge in [-0.1, -0.05) is 71.0 Å². The minimum atomic E-state index is -0.687. The fourth-order valence-electron chi connectivity index (χ4n) is 10.5. The Kier molecular flexibility index (Phi) is 16.5. The average molecular weight is 994 g/mol. The smallest absolute Gasteiger partial charge is 0.407 e. The Labute approximate surface area is 422 Å². The molecule has 358 valence electrons. The maximum absolute atomic E-state index is 14.1. The molecule has 12 nitrogen and oxygen atoms in total. The lowest BCUT2D eigenvalue weighted by Crippen LogP contribution is -2.51. The molecule has 0 radical (unpaired) electrons. The van der Waals surface area contributed by atoms with E-state index in [4.69, 9.17) is 19.4 Å². The van der Waals surface area contributed by atoms with Crippen LogP contribution in [0.3, 0.4) is 0 Å². The predicted octanol–water partition coefficient (Wildman–Crippen LogP) is 9.77. The fraction of sp³-hybridized carbons (Fsp3) is 0.490. The number of carbonyl (C=O) groups is 3. The largest absolute Gasteiger partial charge is 0.453 e. The van der Waals surface area contributed by atoms with Gasteiger partial charge in [0, 0.05) is 41.8 Å². The Morgan fingerprint density at radius 1 is 0.697 bits per heavy atom. The molecule has 0 bridgehead atoms. The number of carbonyl (C=O) groups excluding carboxylic acids is 3. The van der Waals surface area contributed by atoms with Gasteiger partial charge in [-0.25, -0.2) is 14.8 Å². The highest BCUT2D eigenvalue weighted by molar-refractivity contribution is 7.60. The summed E-state index contributed by atoms with van der Waals surface area (Å²) in [6, 6.07) is 20.6. The summed E-state index contributed by atoms with van der Waals surface area (Å²) in [6.45, 7) is 13.0. The van der Waals surface area contributed by atoms with Gasteiger partial charge in [-0.15, -0.1) is 0 Å². The summed E-state index contributed by atoms with van der Waals surface area (Å²) >= 11 is 0. The van der Waals surface area contributed by atoms with Crippen molar-refractivity contribution in [1.82, 2.24) is 35.1 Å². The SMILES string of the molecule is COC(=O)N[C@H](C(=O)N1CC2(CC2)C[C@H]1c1nc2c(ccc3cc(-c4ccc5c(ccc6[nH]c([C@@H]7C[C@@]8(CCCOC8)CN7C(=O)[C@@H](C)C(C)C)nc65)c4)ccc32)[nH]1)C(C)C.S.S.S.S.S. The molecule has 4 aliphatic rings. The first-order valence-electron chi connectivity index (χ1n) is 22.2.